The third-order valence-corrected chi connectivity index (χ3v) is 5.46. The summed E-state index contributed by atoms with van der Waals surface area (Å²) >= 11 is 0. The van der Waals surface area contributed by atoms with Gasteiger partial charge in [-0.25, -0.2) is 14.4 Å². The Morgan fingerprint density at radius 1 is 1.00 bits per heavy atom. The number of carbonyl (C=O) groups excluding carboxylic acids is 2. The summed E-state index contributed by atoms with van der Waals surface area (Å²) in [4.78, 5) is 36.0. The van der Waals surface area contributed by atoms with E-state index in [9.17, 15) is 14.4 Å². The van der Waals surface area contributed by atoms with Crippen LogP contribution in [0.4, 0.5) is 4.79 Å². The Kier molecular flexibility index (Phi) is 8.30. The minimum absolute atomic E-state index is 0.0947. The molecule has 1 aliphatic carbocycles. The Morgan fingerprint density at radius 2 is 1.57 bits per heavy atom. The van der Waals surface area contributed by atoms with Crippen molar-refractivity contribution in [2.24, 2.45) is 0 Å². The molecule has 0 fully saturated rings. The number of carbonyl (C=O) groups is 3. The second-order valence-corrected chi connectivity index (χ2v) is 9.25. The number of hydrogen-bond donors (Lipinski definition) is 2. The molecule has 0 aromatic heterocycles. The zero-order valence-electron chi connectivity index (χ0n) is 20.3. The molecule has 3 rings (SSSR count). The first-order valence-electron chi connectivity index (χ1n) is 11.4. The Balaban J connectivity index is 1.68. The molecule has 0 heterocycles. The summed E-state index contributed by atoms with van der Waals surface area (Å²) in [6.45, 7) is 6.97. The van der Waals surface area contributed by atoms with Gasteiger partial charge in [-0.1, -0.05) is 48.5 Å². The van der Waals surface area contributed by atoms with Crippen molar-refractivity contribution < 1.29 is 33.7 Å². The fourth-order valence-electron chi connectivity index (χ4n) is 4.13. The van der Waals surface area contributed by atoms with E-state index in [1.165, 1.54) is 6.08 Å². The molecular formula is C27H31NO7. The predicted molar refractivity (Wildman–Crippen MR) is 130 cm³/mol. The summed E-state index contributed by atoms with van der Waals surface area (Å²) < 4.78 is 16.5. The second-order valence-electron chi connectivity index (χ2n) is 9.25. The number of alkyl carbamates (subject to hydrolysis) is 1. The molecule has 0 saturated heterocycles. The Hall–Kier alpha value is -3.65. The quantitative estimate of drug-likeness (QED) is 0.406. The molecule has 2 atom stereocenters. The zero-order chi connectivity index (χ0) is 25.6. The van der Waals surface area contributed by atoms with Crippen molar-refractivity contribution >= 4 is 18.0 Å². The number of carboxylic acids is 1. The van der Waals surface area contributed by atoms with Crippen LogP contribution >= 0.6 is 0 Å². The Morgan fingerprint density at radius 3 is 2.11 bits per heavy atom. The van der Waals surface area contributed by atoms with Crippen LogP contribution in [0.5, 0.6) is 0 Å². The largest absolute Gasteiger partial charge is 0.478 e. The van der Waals surface area contributed by atoms with Crippen molar-refractivity contribution in [1.82, 2.24) is 5.32 Å². The van der Waals surface area contributed by atoms with Gasteiger partial charge in [-0.15, -0.1) is 0 Å². The molecule has 8 nitrogen and oxygen atoms in total. The van der Waals surface area contributed by atoms with E-state index in [0.717, 1.165) is 28.3 Å². The number of ether oxygens (including phenoxy) is 3. The molecule has 2 aromatic carbocycles. The van der Waals surface area contributed by atoms with Gasteiger partial charge < -0.3 is 24.6 Å². The first-order valence-corrected chi connectivity index (χ1v) is 11.4. The maximum Gasteiger partial charge on any atom is 0.407 e. The lowest BCUT2D eigenvalue weighted by Crippen LogP contribution is -2.51. The average Bonchev–Trinajstić information content (AvgIpc) is 3.11. The molecule has 0 spiro atoms. The van der Waals surface area contributed by atoms with E-state index >= 15 is 0 Å². The van der Waals surface area contributed by atoms with Gasteiger partial charge in [-0.2, -0.15) is 0 Å². The topological polar surface area (TPSA) is 111 Å². The van der Waals surface area contributed by atoms with Crippen molar-refractivity contribution in [3.63, 3.8) is 0 Å². The average molecular weight is 482 g/mol. The van der Waals surface area contributed by atoms with Gasteiger partial charge in [0.25, 0.3) is 0 Å². The molecule has 35 heavy (non-hydrogen) atoms. The normalized spacial score (nSPS) is 14.6. The van der Waals surface area contributed by atoms with Crippen LogP contribution in [-0.4, -0.2) is 54.1 Å². The molecule has 2 aromatic rings. The number of amides is 1. The smallest absolute Gasteiger partial charge is 0.407 e. The predicted octanol–water partition coefficient (Wildman–Crippen LogP) is 4.28. The summed E-state index contributed by atoms with van der Waals surface area (Å²) in [5, 5.41) is 11.2. The van der Waals surface area contributed by atoms with Gasteiger partial charge in [0.2, 0.25) is 0 Å². The van der Waals surface area contributed by atoms with Gasteiger partial charge >= 0.3 is 18.0 Å². The van der Waals surface area contributed by atoms with Crippen LogP contribution < -0.4 is 5.32 Å². The third kappa shape index (κ3) is 6.93. The molecule has 0 unspecified atom stereocenters. The summed E-state index contributed by atoms with van der Waals surface area (Å²) in [6, 6.07) is 14.8. The first kappa shape index (κ1) is 26.0. The number of carboxylic acid groups (broad SMARTS) is 1. The highest BCUT2D eigenvalue weighted by atomic mass is 16.6. The molecule has 2 N–H and O–H groups in total. The molecule has 0 aliphatic heterocycles. The molecule has 1 amide bonds. The van der Waals surface area contributed by atoms with Crippen molar-refractivity contribution in [1.29, 1.82) is 0 Å². The number of fused-ring (bicyclic) bond motifs is 3. The van der Waals surface area contributed by atoms with Crippen LogP contribution in [0.15, 0.2) is 60.7 Å². The maximum absolute atomic E-state index is 12.7. The number of esters is 1. The van der Waals surface area contributed by atoms with E-state index < -0.39 is 35.8 Å². The lowest BCUT2D eigenvalue weighted by atomic mass is 9.98. The third-order valence-electron chi connectivity index (χ3n) is 5.46. The van der Waals surface area contributed by atoms with E-state index in [1.807, 2.05) is 69.3 Å². The first-order chi connectivity index (χ1) is 16.6. The van der Waals surface area contributed by atoms with Gasteiger partial charge in [-0.3, -0.25) is 0 Å². The van der Waals surface area contributed by atoms with Crippen molar-refractivity contribution in [2.75, 3.05) is 13.2 Å². The second kappa shape index (κ2) is 11.2. The molecule has 0 bridgehead atoms. The van der Waals surface area contributed by atoms with Gasteiger partial charge in [-0.05, 0) is 56.0 Å². The Labute approximate surface area is 204 Å². The SMILES string of the molecule is C[C@@H](OC(C)(C)C)[C@H](NC(=O)OCC1c2ccccc2-c2ccccc21)C(=O)OC/C=C/C(=O)O. The highest BCUT2D eigenvalue weighted by Gasteiger charge is 2.33. The standard InChI is InChI=1S/C27H31NO7/c1-17(35-27(2,3)4)24(25(31)33-15-9-14-23(29)30)28-26(32)34-16-22-20-12-7-5-10-18(20)19-11-6-8-13-21(19)22/h5-14,17,22,24H,15-16H2,1-4H3,(H,28,32)(H,29,30)/b14-9+/t17-,24+/m1/s1. The zero-order valence-corrected chi connectivity index (χ0v) is 20.3. The van der Waals surface area contributed by atoms with Crippen molar-refractivity contribution in [3.8, 4) is 11.1 Å². The van der Waals surface area contributed by atoms with E-state index in [-0.39, 0.29) is 19.1 Å². The molecule has 1 aliphatic rings. The number of aliphatic carboxylic acids is 1. The van der Waals surface area contributed by atoms with Crippen LogP contribution in [0.25, 0.3) is 11.1 Å². The van der Waals surface area contributed by atoms with Crippen LogP contribution in [0, 0.1) is 0 Å². The Bertz CT molecular complexity index is 1060. The van der Waals surface area contributed by atoms with Crippen molar-refractivity contribution in [2.45, 2.75) is 51.4 Å². The number of rotatable bonds is 9. The summed E-state index contributed by atoms with van der Waals surface area (Å²) in [5.41, 5.74) is 3.80. The lowest BCUT2D eigenvalue weighted by molar-refractivity contribution is -0.152. The minimum Gasteiger partial charge on any atom is -0.478 e. The molecule has 186 valence electrons. The highest BCUT2D eigenvalue weighted by molar-refractivity contribution is 5.83. The maximum atomic E-state index is 12.7. The summed E-state index contributed by atoms with van der Waals surface area (Å²) in [6.07, 6.45) is 0.557. The van der Waals surface area contributed by atoms with Crippen LogP contribution in [0.1, 0.15) is 44.7 Å². The van der Waals surface area contributed by atoms with E-state index in [0.29, 0.717) is 0 Å². The van der Waals surface area contributed by atoms with Gasteiger partial charge in [0.1, 0.15) is 13.2 Å². The minimum atomic E-state index is -1.15. The number of nitrogens with one attached hydrogen (secondary N) is 1. The fraction of sp³-hybridized carbons (Fsp3) is 0.370. The lowest BCUT2D eigenvalue weighted by Gasteiger charge is -2.30. The molecule has 0 saturated carbocycles. The van der Waals surface area contributed by atoms with Gasteiger partial charge in [0, 0.05) is 12.0 Å². The van der Waals surface area contributed by atoms with Crippen LogP contribution in [-0.2, 0) is 23.8 Å². The molecular weight excluding hydrogens is 450 g/mol. The summed E-state index contributed by atoms with van der Waals surface area (Å²) in [7, 11) is 0. The van der Waals surface area contributed by atoms with E-state index in [1.54, 1.807) is 6.92 Å². The highest BCUT2D eigenvalue weighted by Crippen LogP contribution is 2.44. The number of hydrogen-bond acceptors (Lipinski definition) is 6. The van der Waals surface area contributed by atoms with E-state index in [2.05, 4.69) is 5.32 Å². The van der Waals surface area contributed by atoms with Gasteiger partial charge in [0.15, 0.2) is 6.04 Å². The van der Waals surface area contributed by atoms with Crippen molar-refractivity contribution in [3.05, 3.63) is 71.8 Å². The summed E-state index contributed by atoms with van der Waals surface area (Å²) in [5.74, 6) is -2.04. The molecule has 0 radical (unpaired) electrons. The monoisotopic (exact) mass is 481 g/mol. The number of benzene rings is 2. The molecule has 8 heteroatoms. The van der Waals surface area contributed by atoms with Gasteiger partial charge in [0.05, 0.1) is 11.7 Å². The fourth-order valence-corrected chi connectivity index (χ4v) is 4.13. The van der Waals surface area contributed by atoms with Crippen LogP contribution in [0.3, 0.4) is 0 Å². The van der Waals surface area contributed by atoms with E-state index in [4.69, 9.17) is 19.3 Å². The van der Waals surface area contributed by atoms with Crippen LogP contribution in [0.2, 0.25) is 0 Å².